The van der Waals surface area contributed by atoms with Gasteiger partial charge in [0, 0.05) is 50.4 Å². The van der Waals surface area contributed by atoms with Gasteiger partial charge < -0.3 is 19.9 Å². The Morgan fingerprint density at radius 2 is 1.63 bits per heavy atom. The van der Waals surface area contributed by atoms with Crippen molar-refractivity contribution in [2.24, 2.45) is 0 Å². The summed E-state index contributed by atoms with van der Waals surface area (Å²) in [5.41, 5.74) is 2.27. The van der Waals surface area contributed by atoms with E-state index in [9.17, 15) is 0 Å². The normalized spacial score (nSPS) is 19.0. The van der Waals surface area contributed by atoms with E-state index in [1.807, 2.05) is 12.1 Å². The van der Waals surface area contributed by atoms with Gasteiger partial charge in [-0.15, -0.1) is 12.4 Å². The summed E-state index contributed by atoms with van der Waals surface area (Å²) in [5, 5.41) is 4.60. The second-order valence-electron chi connectivity index (χ2n) is 7.71. The third-order valence-electron chi connectivity index (χ3n) is 5.80. The number of aromatic nitrogens is 2. The SMILES string of the molecule is Cl.c1ccc(N2CCN(c3nc(NCC4CCCO4)c4ccccc4n3)CC2)cc1. The van der Waals surface area contributed by atoms with Crippen LogP contribution in [-0.4, -0.2) is 55.4 Å². The molecule has 7 heteroatoms. The molecule has 0 saturated carbocycles. The Hall–Kier alpha value is -2.57. The first kappa shape index (κ1) is 20.7. The zero-order valence-electron chi connectivity index (χ0n) is 17.0. The number of hydrogen-bond donors (Lipinski definition) is 1. The van der Waals surface area contributed by atoms with Crippen LogP contribution in [0.3, 0.4) is 0 Å². The van der Waals surface area contributed by atoms with Gasteiger partial charge in [0.2, 0.25) is 5.95 Å². The minimum Gasteiger partial charge on any atom is -0.376 e. The highest BCUT2D eigenvalue weighted by Crippen LogP contribution is 2.25. The summed E-state index contributed by atoms with van der Waals surface area (Å²) < 4.78 is 5.77. The van der Waals surface area contributed by atoms with Crippen LogP contribution in [0.15, 0.2) is 54.6 Å². The van der Waals surface area contributed by atoms with Crippen molar-refractivity contribution in [2.75, 3.05) is 54.4 Å². The Labute approximate surface area is 183 Å². The van der Waals surface area contributed by atoms with Gasteiger partial charge in [-0.3, -0.25) is 0 Å². The smallest absolute Gasteiger partial charge is 0.228 e. The Balaban J connectivity index is 0.00000218. The summed E-state index contributed by atoms with van der Waals surface area (Å²) in [4.78, 5) is 14.5. The highest BCUT2D eigenvalue weighted by atomic mass is 35.5. The van der Waals surface area contributed by atoms with Gasteiger partial charge >= 0.3 is 0 Å². The van der Waals surface area contributed by atoms with Crippen molar-refractivity contribution < 1.29 is 4.74 Å². The zero-order valence-corrected chi connectivity index (χ0v) is 17.9. The average molecular weight is 426 g/mol. The molecular formula is C23H28ClN5O. The van der Waals surface area contributed by atoms with Gasteiger partial charge in [-0.25, -0.2) is 4.98 Å². The van der Waals surface area contributed by atoms with Crippen molar-refractivity contribution in [1.82, 2.24) is 9.97 Å². The van der Waals surface area contributed by atoms with Crippen LogP contribution in [0.5, 0.6) is 0 Å². The maximum absolute atomic E-state index is 5.77. The van der Waals surface area contributed by atoms with Crippen LogP contribution in [-0.2, 0) is 4.74 Å². The Bertz CT molecular complexity index is 956. The molecule has 0 aliphatic carbocycles. The third kappa shape index (κ3) is 4.45. The summed E-state index contributed by atoms with van der Waals surface area (Å²) >= 11 is 0. The van der Waals surface area contributed by atoms with Gasteiger partial charge in [0.15, 0.2) is 0 Å². The quantitative estimate of drug-likeness (QED) is 0.667. The van der Waals surface area contributed by atoms with Crippen molar-refractivity contribution in [1.29, 1.82) is 0 Å². The van der Waals surface area contributed by atoms with Gasteiger partial charge in [-0.1, -0.05) is 30.3 Å². The number of ether oxygens (including phenoxy) is 1. The molecule has 158 valence electrons. The number of benzene rings is 2. The number of nitrogens with zero attached hydrogens (tertiary/aromatic N) is 4. The maximum atomic E-state index is 5.77. The fraction of sp³-hybridized carbons (Fsp3) is 0.391. The second kappa shape index (κ2) is 9.49. The van der Waals surface area contributed by atoms with E-state index in [4.69, 9.17) is 14.7 Å². The van der Waals surface area contributed by atoms with Crippen LogP contribution >= 0.6 is 12.4 Å². The molecule has 2 saturated heterocycles. The molecular weight excluding hydrogens is 398 g/mol. The van der Waals surface area contributed by atoms with E-state index in [-0.39, 0.29) is 18.5 Å². The molecule has 2 aromatic carbocycles. The van der Waals surface area contributed by atoms with Crippen LogP contribution < -0.4 is 15.1 Å². The minimum atomic E-state index is 0. The van der Waals surface area contributed by atoms with Gasteiger partial charge in [0.25, 0.3) is 0 Å². The first-order valence-electron chi connectivity index (χ1n) is 10.5. The first-order chi connectivity index (χ1) is 14.4. The number of hydrogen-bond acceptors (Lipinski definition) is 6. The molecule has 1 unspecified atom stereocenters. The largest absolute Gasteiger partial charge is 0.376 e. The molecule has 2 aliphatic rings. The average Bonchev–Trinajstić information content (AvgIpc) is 3.32. The van der Waals surface area contributed by atoms with Crippen molar-refractivity contribution in [3.05, 3.63) is 54.6 Å². The summed E-state index contributed by atoms with van der Waals surface area (Å²) in [5.74, 6) is 1.72. The Morgan fingerprint density at radius 1 is 0.900 bits per heavy atom. The fourth-order valence-corrected chi connectivity index (χ4v) is 4.16. The monoisotopic (exact) mass is 425 g/mol. The summed E-state index contributed by atoms with van der Waals surface area (Å²) in [6, 6.07) is 18.8. The fourth-order valence-electron chi connectivity index (χ4n) is 4.16. The number of anilines is 3. The first-order valence-corrected chi connectivity index (χ1v) is 10.5. The topological polar surface area (TPSA) is 53.5 Å². The molecule has 1 N–H and O–H groups in total. The van der Waals surface area contributed by atoms with Crippen LogP contribution in [0, 0.1) is 0 Å². The number of fused-ring (bicyclic) bond motifs is 1. The predicted molar refractivity (Wildman–Crippen MR) is 125 cm³/mol. The van der Waals surface area contributed by atoms with Crippen LogP contribution in [0.25, 0.3) is 10.9 Å². The van der Waals surface area contributed by atoms with Crippen LogP contribution in [0.4, 0.5) is 17.5 Å². The molecule has 2 aliphatic heterocycles. The van der Waals surface area contributed by atoms with E-state index in [1.54, 1.807) is 0 Å². The molecule has 1 atom stereocenters. The zero-order chi connectivity index (χ0) is 19.5. The lowest BCUT2D eigenvalue weighted by Crippen LogP contribution is -2.47. The van der Waals surface area contributed by atoms with Crippen molar-refractivity contribution >= 4 is 40.8 Å². The van der Waals surface area contributed by atoms with Gasteiger partial charge in [0.1, 0.15) is 5.82 Å². The highest BCUT2D eigenvalue weighted by Gasteiger charge is 2.21. The van der Waals surface area contributed by atoms with E-state index >= 15 is 0 Å². The summed E-state index contributed by atoms with van der Waals surface area (Å²) in [6.45, 7) is 5.44. The lowest BCUT2D eigenvalue weighted by molar-refractivity contribution is 0.120. The van der Waals surface area contributed by atoms with Gasteiger partial charge in [-0.2, -0.15) is 4.98 Å². The molecule has 2 fully saturated rings. The Kier molecular flexibility index (Phi) is 6.55. The molecule has 0 bridgehead atoms. The Morgan fingerprint density at radius 3 is 2.40 bits per heavy atom. The standard InChI is InChI=1S/C23H27N5O.ClH/c1-2-7-18(8-3-1)27-12-14-28(15-13-27)23-25-21-11-5-4-10-20(21)22(26-23)24-17-19-9-6-16-29-19;/h1-5,7-8,10-11,19H,6,9,12-17H2,(H,24,25,26);1H. The summed E-state index contributed by atoms with van der Waals surface area (Å²) in [6.07, 6.45) is 2.54. The number of para-hydroxylation sites is 2. The highest BCUT2D eigenvalue weighted by molar-refractivity contribution is 5.90. The lowest BCUT2D eigenvalue weighted by atomic mass is 10.2. The number of rotatable bonds is 5. The second-order valence-corrected chi connectivity index (χ2v) is 7.71. The molecule has 3 heterocycles. The lowest BCUT2D eigenvalue weighted by Gasteiger charge is -2.36. The number of piperazine rings is 1. The maximum Gasteiger partial charge on any atom is 0.228 e. The number of nitrogens with one attached hydrogen (secondary N) is 1. The van der Waals surface area contributed by atoms with Gasteiger partial charge in [0.05, 0.1) is 11.6 Å². The molecule has 0 amide bonds. The number of halogens is 1. The van der Waals surface area contributed by atoms with Crippen molar-refractivity contribution in [3.63, 3.8) is 0 Å². The van der Waals surface area contributed by atoms with Crippen molar-refractivity contribution in [2.45, 2.75) is 18.9 Å². The van der Waals surface area contributed by atoms with E-state index in [1.165, 1.54) is 5.69 Å². The molecule has 30 heavy (non-hydrogen) atoms. The molecule has 3 aromatic rings. The summed E-state index contributed by atoms with van der Waals surface area (Å²) in [7, 11) is 0. The van der Waals surface area contributed by atoms with Crippen LogP contribution in [0.1, 0.15) is 12.8 Å². The predicted octanol–water partition coefficient (Wildman–Crippen LogP) is 3.97. The molecule has 0 radical (unpaired) electrons. The van der Waals surface area contributed by atoms with E-state index in [0.29, 0.717) is 0 Å². The molecule has 1 aromatic heterocycles. The van der Waals surface area contributed by atoms with Crippen molar-refractivity contribution in [3.8, 4) is 0 Å². The molecule has 6 nitrogen and oxygen atoms in total. The van der Waals surface area contributed by atoms with E-state index in [0.717, 1.165) is 74.8 Å². The van der Waals surface area contributed by atoms with Crippen LogP contribution in [0.2, 0.25) is 0 Å². The molecule has 5 rings (SSSR count). The van der Waals surface area contributed by atoms with Gasteiger partial charge in [-0.05, 0) is 37.1 Å². The molecule has 0 spiro atoms. The third-order valence-corrected chi connectivity index (χ3v) is 5.80. The minimum absolute atomic E-state index is 0. The van der Waals surface area contributed by atoms with E-state index < -0.39 is 0 Å². The van der Waals surface area contributed by atoms with E-state index in [2.05, 4.69) is 57.6 Å².